The molecule has 108 valence electrons. The lowest BCUT2D eigenvalue weighted by Gasteiger charge is -2.16. The summed E-state index contributed by atoms with van der Waals surface area (Å²) in [6.07, 6.45) is 5.87. The minimum absolute atomic E-state index is 0.0818. The molecule has 3 heteroatoms. The van der Waals surface area contributed by atoms with Crippen molar-refractivity contribution in [1.29, 1.82) is 0 Å². The predicted molar refractivity (Wildman–Crippen MR) is 76.8 cm³/mol. The van der Waals surface area contributed by atoms with Crippen LogP contribution < -0.4 is 0 Å². The standard InChI is InChI=1S/C17H22O3/c1-20-17(8-9-17)11-12-2-4-13(5-3-12)15(10-16(18)19)14-6-7-14/h2-5,14-15H,6-11H2,1H3,(H,18,19). The van der Waals surface area contributed by atoms with E-state index in [1.54, 1.807) is 7.11 Å². The summed E-state index contributed by atoms with van der Waals surface area (Å²) in [6.45, 7) is 0. The minimum Gasteiger partial charge on any atom is -0.481 e. The van der Waals surface area contributed by atoms with Gasteiger partial charge in [0.25, 0.3) is 0 Å². The highest BCUT2D eigenvalue weighted by Crippen LogP contribution is 2.45. The topological polar surface area (TPSA) is 46.5 Å². The number of carboxylic acid groups (broad SMARTS) is 1. The van der Waals surface area contributed by atoms with E-state index in [4.69, 9.17) is 9.84 Å². The Morgan fingerprint density at radius 1 is 1.35 bits per heavy atom. The first kappa shape index (κ1) is 13.6. The molecule has 0 bridgehead atoms. The molecule has 0 aliphatic heterocycles. The number of benzene rings is 1. The molecule has 1 aromatic rings. The van der Waals surface area contributed by atoms with Crippen LogP contribution in [0.1, 0.15) is 49.1 Å². The fourth-order valence-corrected chi connectivity index (χ4v) is 3.09. The van der Waals surface area contributed by atoms with Gasteiger partial charge in [-0.15, -0.1) is 0 Å². The maximum absolute atomic E-state index is 11.0. The van der Waals surface area contributed by atoms with Gasteiger partial charge in [-0.25, -0.2) is 0 Å². The third-order valence-electron chi connectivity index (χ3n) is 4.76. The molecule has 2 aliphatic carbocycles. The van der Waals surface area contributed by atoms with E-state index in [1.807, 2.05) is 0 Å². The van der Waals surface area contributed by atoms with Crippen molar-refractivity contribution in [1.82, 2.24) is 0 Å². The average Bonchev–Trinajstić information content (AvgIpc) is 3.32. The third-order valence-corrected chi connectivity index (χ3v) is 4.76. The van der Waals surface area contributed by atoms with Gasteiger partial charge in [-0.3, -0.25) is 4.79 Å². The summed E-state index contributed by atoms with van der Waals surface area (Å²) in [5.74, 6) is 0.0758. The van der Waals surface area contributed by atoms with E-state index in [0.717, 1.165) is 19.3 Å². The van der Waals surface area contributed by atoms with E-state index in [1.165, 1.54) is 24.0 Å². The third kappa shape index (κ3) is 3.04. The molecule has 0 amide bonds. The highest BCUT2D eigenvalue weighted by Gasteiger charge is 2.42. The van der Waals surface area contributed by atoms with Crippen molar-refractivity contribution in [2.24, 2.45) is 5.92 Å². The number of methoxy groups -OCH3 is 1. The number of hydrogen-bond acceptors (Lipinski definition) is 2. The van der Waals surface area contributed by atoms with Gasteiger partial charge in [0.15, 0.2) is 0 Å². The van der Waals surface area contributed by atoms with Crippen LogP contribution in [0, 0.1) is 5.92 Å². The Kier molecular flexibility index (Phi) is 3.55. The van der Waals surface area contributed by atoms with Crippen molar-refractivity contribution in [3.8, 4) is 0 Å². The van der Waals surface area contributed by atoms with E-state index in [-0.39, 0.29) is 17.9 Å². The zero-order valence-electron chi connectivity index (χ0n) is 12.0. The molecule has 1 atom stereocenters. The average molecular weight is 274 g/mol. The lowest BCUT2D eigenvalue weighted by atomic mass is 9.90. The van der Waals surface area contributed by atoms with Crippen LogP contribution in [0.2, 0.25) is 0 Å². The molecule has 1 aromatic carbocycles. The molecule has 20 heavy (non-hydrogen) atoms. The number of hydrogen-bond donors (Lipinski definition) is 1. The molecular formula is C17H22O3. The number of carbonyl (C=O) groups is 1. The van der Waals surface area contributed by atoms with Gasteiger partial charge < -0.3 is 9.84 Å². The maximum atomic E-state index is 11.0. The summed E-state index contributed by atoms with van der Waals surface area (Å²) in [4.78, 5) is 11.0. The van der Waals surface area contributed by atoms with Gasteiger partial charge in [0.2, 0.25) is 0 Å². The smallest absolute Gasteiger partial charge is 0.303 e. The molecule has 1 unspecified atom stereocenters. The van der Waals surface area contributed by atoms with Crippen LogP contribution in [-0.2, 0) is 16.0 Å². The molecule has 0 spiro atoms. The SMILES string of the molecule is COC1(Cc2ccc(C(CC(=O)O)C3CC3)cc2)CC1. The van der Waals surface area contributed by atoms with Gasteiger partial charge in [-0.1, -0.05) is 24.3 Å². The molecule has 2 saturated carbocycles. The molecule has 0 aromatic heterocycles. The van der Waals surface area contributed by atoms with Crippen molar-refractivity contribution in [2.45, 2.75) is 50.0 Å². The molecule has 0 heterocycles. The molecule has 0 radical (unpaired) electrons. The largest absolute Gasteiger partial charge is 0.481 e. The van der Waals surface area contributed by atoms with Gasteiger partial charge in [-0.2, -0.15) is 0 Å². The fraction of sp³-hybridized carbons (Fsp3) is 0.588. The van der Waals surface area contributed by atoms with Crippen molar-refractivity contribution >= 4 is 5.97 Å². The zero-order chi connectivity index (χ0) is 14.2. The van der Waals surface area contributed by atoms with Crippen LogP contribution in [0.5, 0.6) is 0 Å². The molecular weight excluding hydrogens is 252 g/mol. The molecule has 1 N–H and O–H groups in total. The zero-order valence-corrected chi connectivity index (χ0v) is 12.0. The van der Waals surface area contributed by atoms with Crippen molar-refractivity contribution < 1.29 is 14.6 Å². The van der Waals surface area contributed by atoms with Crippen LogP contribution in [0.25, 0.3) is 0 Å². The summed E-state index contributed by atoms with van der Waals surface area (Å²) in [6, 6.07) is 8.53. The van der Waals surface area contributed by atoms with E-state index in [2.05, 4.69) is 24.3 Å². The first-order chi connectivity index (χ1) is 9.62. The number of aliphatic carboxylic acids is 1. The van der Waals surface area contributed by atoms with Crippen LogP contribution in [0.15, 0.2) is 24.3 Å². The number of rotatable bonds is 7. The van der Waals surface area contributed by atoms with Crippen LogP contribution in [-0.4, -0.2) is 23.8 Å². The first-order valence-electron chi connectivity index (χ1n) is 7.48. The van der Waals surface area contributed by atoms with Gasteiger partial charge in [-0.05, 0) is 48.6 Å². The van der Waals surface area contributed by atoms with E-state index in [0.29, 0.717) is 5.92 Å². The molecule has 0 saturated heterocycles. The Hall–Kier alpha value is -1.35. The fourth-order valence-electron chi connectivity index (χ4n) is 3.09. The van der Waals surface area contributed by atoms with Crippen LogP contribution in [0.4, 0.5) is 0 Å². The summed E-state index contributed by atoms with van der Waals surface area (Å²) in [5, 5.41) is 9.05. The Labute approximate surface area is 120 Å². The summed E-state index contributed by atoms with van der Waals surface area (Å²) >= 11 is 0. The molecule has 2 aliphatic rings. The van der Waals surface area contributed by atoms with Gasteiger partial charge in [0, 0.05) is 13.5 Å². The van der Waals surface area contributed by atoms with E-state index < -0.39 is 5.97 Å². The lowest BCUT2D eigenvalue weighted by molar-refractivity contribution is -0.137. The van der Waals surface area contributed by atoms with E-state index in [9.17, 15) is 4.79 Å². The Morgan fingerprint density at radius 3 is 2.45 bits per heavy atom. The Balaban J connectivity index is 1.69. The highest BCUT2D eigenvalue weighted by atomic mass is 16.5. The second kappa shape index (κ2) is 5.21. The van der Waals surface area contributed by atoms with Gasteiger partial charge >= 0.3 is 5.97 Å². The van der Waals surface area contributed by atoms with E-state index >= 15 is 0 Å². The van der Waals surface area contributed by atoms with Gasteiger partial charge in [0.1, 0.15) is 0 Å². The second-order valence-electron chi connectivity index (χ2n) is 6.35. The molecule has 3 rings (SSSR count). The number of ether oxygens (including phenoxy) is 1. The molecule has 2 fully saturated rings. The lowest BCUT2D eigenvalue weighted by Crippen LogP contribution is -2.15. The quantitative estimate of drug-likeness (QED) is 0.829. The maximum Gasteiger partial charge on any atom is 0.303 e. The summed E-state index contributed by atoms with van der Waals surface area (Å²) in [7, 11) is 1.79. The van der Waals surface area contributed by atoms with Crippen molar-refractivity contribution in [2.75, 3.05) is 7.11 Å². The number of carboxylic acids is 1. The monoisotopic (exact) mass is 274 g/mol. The highest BCUT2D eigenvalue weighted by molar-refractivity contribution is 5.68. The molecule has 3 nitrogen and oxygen atoms in total. The summed E-state index contributed by atoms with van der Waals surface area (Å²) < 4.78 is 5.55. The Bertz CT molecular complexity index is 483. The van der Waals surface area contributed by atoms with Gasteiger partial charge in [0.05, 0.1) is 12.0 Å². The Morgan fingerprint density at radius 2 is 2.00 bits per heavy atom. The van der Waals surface area contributed by atoms with Crippen molar-refractivity contribution in [3.63, 3.8) is 0 Å². The predicted octanol–water partition coefficient (Wildman–Crippen LogP) is 3.38. The van der Waals surface area contributed by atoms with Crippen LogP contribution >= 0.6 is 0 Å². The van der Waals surface area contributed by atoms with Crippen molar-refractivity contribution in [3.05, 3.63) is 35.4 Å². The summed E-state index contributed by atoms with van der Waals surface area (Å²) in [5.41, 5.74) is 2.55. The minimum atomic E-state index is -0.692. The van der Waals surface area contributed by atoms with Crippen LogP contribution in [0.3, 0.4) is 0 Å². The normalized spacial score (nSPS) is 21.4. The second-order valence-corrected chi connectivity index (χ2v) is 6.35. The first-order valence-corrected chi connectivity index (χ1v) is 7.48.